The molecule has 3 heteroatoms. The minimum Gasteiger partial charge on any atom is -0.337 e. The van der Waals surface area contributed by atoms with Gasteiger partial charge in [0.15, 0.2) is 0 Å². The molecule has 5 rings (SSSR count). The van der Waals surface area contributed by atoms with Crippen LogP contribution in [-0.2, 0) is 13.6 Å². The second-order valence-corrected chi connectivity index (χ2v) is 8.76. The third-order valence-corrected chi connectivity index (χ3v) is 6.19. The molecule has 20 heavy (non-hydrogen) atoms. The fourth-order valence-electron chi connectivity index (χ4n) is 6.48. The lowest BCUT2D eigenvalue weighted by atomic mass is 9.43. The zero-order valence-corrected chi connectivity index (χ0v) is 13.1. The normalized spacial score (nSPS) is 46.0. The average Bonchev–Trinajstić information content (AvgIpc) is 2.67. The Morgan fingerprint density at radius 2 is 1.90 bits per heavy atom. The number of rotatable bonds is 3. The van der Waals surface area contributed by atoms with Crippen molar-refractivity contribution in [3.8, 4) is 0 Å². The molecule has 4 saturated carbocycles. The molecule has 110 valence electrons. The van der Waals surface area contributed by atoms with Gasteiger partial charge in [-0.15, -0.1) is 0 Å². The molecular formula is C17H27N3. The van der Waals surface area contributed by atoms with Crippen molar-refractivity contribution >= 4 is 0 Å². The molecule has 0 amide bonds. The van der Waals surface area contributed by atoms with E-state index in [-0.39, 0.29) is 0 Å². The van der Waals surface area contributed by atoms with E-state index in [2.05, 4.69) is 35.8 Å². The summed E-state index contributed by atoms with van der Waals surface area (Å²) >= 11 is 0. The van der Waals surface area contributed by atoms with E-state index in [1.807, 2.05) is 12.5 Å². The van der Waals surface area contributed by atoms with E-state index in [1.165, 1.54) is 44.2 Å². The van der Waals surface area contributed by atoms with E-state index in [1.54, 1.807) is 0 Å². The monoisotopic (exact) mass is 273 g/mol. The molecule has 4 aliphatic carbocycles. The van der Waals surface area contributed by atoms with Crippen LogP contribution in [0.5, 0.6) is 0 Å². The number of hydrogen-bond acceptors (Lipinski definition) is 2. The Kier molecular flexibility index (Phi) is 2.50. The van der Waals surface area contributed by atoms with Crippen molar-refractivity contribution in [2.75, 3.05) is 0 Å². The van der Waals surface area contributed by atoms with Crippen molar-refractivity contribution < 1.29 is 0 Å². The summed E-state index contributed by atoms with van der Waals surface area (Å²) in [6.07, 6.45) is 12.4. The lowest BCUT2D eigenvalue weighted by Gasteiger charge is -2.65. The second kappa shape index (κ2) is 3.88. The highest BCUT2D eigenvalue weighted by molar-refractivity contribution is 5.15. The Morgan fingerprint density at radius 3 is 2.45 bits per heavy atom. The van der Waals surface area contributed by atoms with Gasteiger partial charge < -0.3 is 9.88 Å². The Morgan fingerprint density at radius 1 is 1.20 bits per heavy atom. The lowest BCUT2D eigenvalue weighted by Crippen LogP contribution is -2.63. The van der Waals surface area contributed by atoms with Crippen LogP contribution in [0.3, 0.4) is 0 Å². The highest BCUT2D eigenvalue weighted by Crippen LogP contribution is 2.66. The first-order chi connectivity index (χ1) is 9.40. The van der Waals surface area contributed by atoms with E-state index in [0.29, 0.717) is 16.4 Å². The zero-order valence-electron chi connectivity index (χ0n) is 13.1. The molecule has 1 aromatic heterocycles. The molecule has 2 atom stereocenters. The maximum absolute atomic E-state index is 4.24. The number of imidazole rings is 1. The van der Waals surface area contributed by atoms with Crippen LogP contribution in [0.4, 0.5) is 0 Å². The summed E-state index contributed by atoms with van der Waals surface area (Å²) in [5.41, 5.74) is 2.88. The molecule has 1 N–H and O–H groups in total. The quantitative estimate of drug-likeness (QED) is 0.916. The van der Waals surface area contributed by atoms with Crippen LogP contribution < -0.4 is 5.32 Å². The molecule has 0 spiro atoms. The number of aryl methyl sites for hydroxylation is 1. The van der Waals surface area contributed by atoms with Crippen molar-refractivity contribution in [3.05, 3.63) is 18.2 Å². The fraction of sp³-hybridized carbons (Fsp3) is 0.824. The summed E-state index contributed by atoms with van der Waals surface area (Å²) < 4.78 is 2.14. The molecule has 4 bridgehead atoms. The average molecular weight is 273 g/mol. The molecule has 2 unspecified atom stereocenters. The SMILES string of the molecule is Cn1cncc1CNC12CC3CC(C)(CC(C)(C3)C1)C2. The molecule has 1 aromatic rings. The summed E-state index contributed by atoms with van der Waals surface area (Å²) in [7, 11) is 2.09. The fourth-order valence-corrected chi connectivity index (χ4v) is 6.48. The van der Waals surface area contributed by atoms with Gasteiger partial charge in [0.2, 0.25) is 0 Å². The molecule has 0 radical (unpaired) electrons. The van der Waals surface area contributed by atoms with Crippen molar-refractivity contribution in [1.82, 2.24) is 14.9 Å². The van der Waals surface area contributed by atoms with Crippen LogP contribution in [0.1, 0.15) is 58.1 Å². The van der Waals surface area contributed by atoms with Crippen LogP contribution >= 0.6 is 0 Å². The zero-order chi connectivity index (χ0) is 14.0. The number of hydrogen-bond donors (Lipinski definition) is 1. The van der Waals surface area contributed by atoms with Gasteiger partial charge in [0.25, 0.3) is 0 Å². The van der Waals surface area contributed by atoms with Gasteiger partial charge in [-0.1, -0.05) is 13.8 Å². The Hall–Kier alpha value is -0.830. The molecule has 0 aromatic carbocycles. The predicted octanol–water partition coefficient (Wildman–Crippen LogP) is 3.26. The molecule has 1 heterocycles. The van der Waals surface area contributed by atoms with E-state index in [0.717, 1.165) is 12.5 Å². The summed E-state index contributed by atoms with van der Waals surface area (Å²) in [6.45, 7) is 6.04. The maximum atomic E-state index is 4.24. The van der Waals surface area contributed by atoms with Gasteiger partial charge in [0.1, 0.15) is 0 Å². The first kappa shape index (κ1) is 12.9. The maximum Gasteiger partial charge on any atom is 0.0945 e. The van der Waals surface area contributed by atoms with E-state index >= 15 is 0 Å². The van der Waals surface area contributed by atoms with Gasteiger partial charge in [-0.25, -0.2) is 4.98 Å². The first-order valence-electron chi connectivity index (χ1n) is 8.10. The van der Waals surface area contributed by atoms with Gasteiger partial charge in [-0.05, 0) is 55.3 Å². The largest absolute Gasteiger partial charge is 0.337 e. The van der Waals surface area contributed by atoms with Crippen molar-refractivity contribution in [2.45, 2.75) is 64.5 Å². The Bertz CT molecular complexity index is 514. The highest BCUT2D eigenvalue weighted by atomic mass is 15.1. The summed E-state index contributed by atoms with van der Waals surface area (Å²) in [6, 6.07) is 0. The molecule has 4 fully saturated rings. The number of nitrogens with zero attached hydrogens (tertiary/aromatic N) is 2. The van der Waals surface area contributed by atoms with E-state index < -0.39 is 0 Å². The Labute approximate surface area is 122 Å². The van der Waals surface area contributed by atoms with Crippen LogP contribution in [-0.4, -0.2) is 15.1 Å². The van der Waals surface area contributed by atoms with Crippen LogP contribution in [0.2, 0.25) is 0 Å². The third-order valence-electron chi connectivity index (χ3n) is 6.19. The summed E-state index contributed by atoms with van der Waals surface area (Å²) in [4.78, 5) is 4.24. The minimum absolute atomic E-state index is 0.396. The third kappa shape index (κ3) is 1.93. The van der Waals surface area contributed by atoms with Gasteiger partial charge in [0.05, 0.1) is 12.0 Å². The topological polar surface area (TPSA) is 29.9 Å². The number of nitrogens with one attached hydrogen (secondary N) is 1. The smallest absolute Gasteiger partial charge is 0.0945 e. The van der Waals surface area contributed by atoms with Gasteiger partial charge in [-0.2, -0.15) is 0 Å². The first-order valence-corrected chi connectivity index (χ1v) is 8.10. The van der Waals surface area contributed by atoms with E-state index in [4.69, 9.17) is 0 Å². The van der Waals surface area contributed by atoms with Crippen LogP contribution in [0.15, 0.2) is 12.5 Å². The van der Waals surface area contributed by atoms with Gasteiger partial charge >= 0.3 is 0 Å². The van der Waals surface area contributed by atoms with Crippen LogP contribution in [0, 0.1) is 16.7 Å². The Balaban J connectivity index is 1.56. The molecule has 4 aliphatic rings. The standard InChI is InChI=1S/C17H27N3/c1-15-4-13-5-16(2,9-15)11-17(6-13,10-15)19-8-14-7-18-12-20(14)3/h7,12-13,19H,4-6,8-11H2,1-3H3. The molecular weight excluding hydrogens is 246 g/mol. The van der Waals surface area contributed by atoms with E-state index in [9.17, 15) is 0 Å². The molecule has 0 aliphatic heterocycles. The van der Waals surface area contributed by atoms with Crippen LogP contribution in [0.25, 0.3) is 0 Å². The minimum atomic E-state index is 0.396. The van der Waals surface area contributed by atoms with Crippen molar-refractivity contribution in [3.63, 3.8) is 0 Å². The van der Waals surface area contributed by atoms with Gasteiger partial charge in [-0.3, -0.25) is 0 Å². The molecule has 3 nitrogen and oxygen atoms in total. The van der Waals surface area contributed by atoms with Crippen molar-refractivity contribution in [2.24, 2.45) is 23.8 Å². The predicted molar refractivity (Wildman–Crippen MR) is 80.2 cm³/mol. The molecule has 0 saturated heterocycles. The summed E-state index contributed by atoms with van der Waals surface area (Å²) in [5.74, 6) is 0.959. The lowest BCUT2D eigenvalue weighted by molar-refractivity contribution is -0.118. The number of aromatic nitrogens is 2. The van der Waals surface area contributed by atoms with Gasteiger partial charge in [0, 0.05) is 25.3 Å². The summed E-state index contributed by atoms with van der Waals surface area (Å²) in [5, 5.41) is 3.96. The second-order valence-electron chi connectivity index (χ2n) is 8.76. The van der Waals surface area contributed by atoms with Crippen molar-refractivity contribution in [1.29, 1.82) is 0 Å². The highest BCUT2D eigenvalue weighted by Gasteiger charge is 2.59.